The number of carbonyl (C=O) groups excluding carboxylic acids is 1. The van der Waals surface area contributed by atoms with Crippen molar-refractivity contribution in [2.24, 2.45) is 0 Å². The fraction of sp³-hybridized carbons (Fsp3) is 0.400. The van der Waals surface area contributed by atoms with Crippen LogP contribution in [-0.4, -0.2) is 36.0 Å². The van der Waals surface area contributed by atoms with Gasteiger partial charge in [-0.05, 0) is 6.08 Å². The predicted octanol–water partition coefficient (Wildman–Crippen LogP) is -1.34. The second kappa shape index (κ2) is 5.65. The lowest BCUT2D eigenvalue weighted by Crippen LogP contribution is -2.35. The van der Waals surface area contributed by atoms with E-state index in [0.717, 1.165) is 6.08 Å². The minimum atomic E-state index is -4.50. The van der Waals surface area contributed by atoms with Crippen molar-refractivity contribution in [3.8, 4) is 0 Å². The lowest BCUT2D eigenvalue weighted by atomic mass is 10.5. The molecule has 0 aliphatic carbocycles. The maximum absolute atomic E-state index is 10.4. The Bertz CT molecular complexity index is 273. The number of hydrogen-bond acceptors (Lipinski definition) is 5. The van der Waals surface area contributed by atoms with Gasteiger partial charge in [0.1, 0.15) is 0 Å². The number of carbonyl (C=O) groups is 1. The van der Waals surface area contributed by atoms with Crippen LogP contribution in [0.5, 0.6) is 0 Å². The number of aliphatic hydroxyl groups excluding tert-OH is 1. The minimum absolute atomic E-state index is 0. The predicted molar refractivity (Wildman–Crippen MR) is 45.8 cm³/mol. The molecular weight excluding hydrogens is 200 g/mol. The van der Waals surface area contributed by atoms with Crippen molar-refractivity contribution in [3.05, 3.63) is 12.7 Å². The van der Waals surface area contributed by atoms with Crippen LogP contribution in [0.2, 0.25) is 0 Å². The van der Waals surface area contributed by atoms with Gasteiger partial charge >= 0.3 is 0 Å². The summed E-state index contributed by atoms with van der Waals surface area (Å²) in [6, 6.07) is 0. The molecule has 0 rings (SSSR count). The number of aliphatic hydroxyl groups is 1. The van der Waals surface area contributed by atoms with Crippen molar-refractivity contribution in [1.29, 1.82) is 0 Å². The molecule has 0 aromatic carbocycles. The van der Waals surface area contributed by atoms with Gasteiger partial charge < -0.3 is 16.6 Å². The zero-order chi connectivity index (χ0) is 9.78. The number of rotatable bonds is 4. The quantitative estimate of drug-likeness (QED) is 0.336. The van der Waals surface area contributed by atoms with E-state index in [2.05, 4.69) is 6.58 Å². The van der Waals surface area contributed by atoms with Crippen LogP contribution >= 0.6 is 0 Å². The molecule has 1 amide bonds. The maximum atomic E-state index is 10.4. The standard InChI is InChI=1S/C5H9NO5S.H3N/c1-2-4(7)6-3-5(8)12(9,10)11;/h2,5,8H,1,3H2,(H,6,7)(H,9,10,11);1H3. The summed E-state index contributed by atoms with van der Waals surface area (Å²) in [5.74, 6) is -0.627. The monoisotopic (exact) mass is 212 g/mol. The maximum Gasteiger partial charge on any atom is 0.293 e. The Morgan fingerprint density at radius 3 is 2.38 bits per heavy atom. The van der Waals surface area contributed by atoms with Crippen LogP contribution in [0.3, 0.4) is 0 Å². The first-order valence-corrected chi connectivity index (χ1v) is 4.43. The van der Waals surface area contributed by atoms with E-state index in [-0.39, 0.29) is 6.15 Å². The molecule has 7 nitrogen and oxygen atoms in total. The molecule has 0 radical (unpaired) electrons. The second-order valence-corrected chi connectivity index (χ2v) is 3.49. The molecule has 0 aliphatic heterocycles. The summed E-state index contributed by atoms with van der Waals surface area (Å²) < 4.78 is 28.5. The van der Waals surface area contributed by atoms with Crippen LogP contribution in [0.1, 0.15) is 0 Å². The Morgan fingerprint density at radius 2 is 2.08 bits per heavy atom. The van der Waals surface area contributed by atoms with Gasteiger partial charge in [-0.25, -0.2) is 0 Å². The summed E-state index contributed by atoms with van der Waals surface area (Å²) >= 11 is 0. The molecule has 1 atom stereocenters. The number of nitrogens with one attached hydrogen (secondary N) is 1. The highest BCUT2D eigenvalue weighted by Crippen LogP contribution is 1.90. The Kier molecular flexibility index (Phi) is 6.32. The summed E-state index contributed by atoms with van der Waals surface area (Å²) in [7, 11) is -4.50. The van der Waals surface area contributed by atoms with E-state index in [9.17, 15) is 13.2 Å². The molecule has 8 heteroatoms. The van der Waals surface area contributed by atoms with Crippen molar-refractivity contribution in [1.82, 2.24) is 11.5 Å². The van der Waals surface area contributed by atoms with Crippen molar-refractivity contribution >= 4 is 16.0 Å². The average Bonchev–Trinajstić information content (AvgIpc) is 1.97. The van der Waals surface area contributed by atoms with Gasteiger partial charge in [-0.1, -0.05) is 6.58 Å². The molecule has 6 N–H and O–H groups in total. The van der Waals surface area contributed by atoms with E-state index in [4.69, 9.17) is 9.66 Å². The molecule has 0 aromatic heterocycles. The smallest absolute Gasteiger partial charge is 0.293 e. The molecular formula is C5H12N2O5S. The van der Waals surface area contributed by atoms with Gasteiger partial charge in [-0.3, -0.25) is 9.35 Å². The summed E-state index contributed by atoms with van der Waals surface area (Å²) in [4.78, 5) is 10.4. The van der Waals surface area contributed by atoms with Gasteiger partial charge in [0.25, 0.3) is 10.1 Å². The Labute approximate surface area is 75.8 Å². The van der Waals surface area contributed by atoms with Crippen LogP contribution in [0.15, 0.2) is 12.7 Å². The highest BCUT2D eigenvalue weighted by molar-refractivity contribution is 7.86. The van der Waals surface area contributed by atoms with Gasteiger partial charge in [0.15, 0.2) is 5.44 Å². The van der Waals surface area contributed by atoms with Crippen molar-refractivity contribution < 1.29 is 22.9 Å². The largest absolute Gasteiger partial charge is 0.374 e. The Hall–Kier alpha value is -0.960. The van der Waals surface area contributed by atoms with Gasteiger partial charge in [0, 0.05) is 0 Å². The molecule has 0 saturated carbocycles. The first-order chi connectivity index (χ1) is 5.38. The Morgan fingerprint density at radius 1 is 1.62 bits per heavy atom. The lowest BCUT2D eigenvalue weighted by Gasteiger charge is -2.06. The fourth-order valence-corrected chi connectivity index (χ4v) is 0.659. The van der Waals surface area contributed by atoms with Crippen LogP contribution in [0.4, 0.5) is 0 Å². The molecule has 0 aromatic rings. The molecule has 0 heterocycles. The van der Waals surface area contributed by atoms with E-state index in [1.807, 2.05) is 5.32 Å². The zero-order valence-electron chi connectivity index (χ0n) is 6.80. The van der Waals surface area contributed by atoms with Crippen LogP contribution in [0, 0.1) is 0 Å². The van der Waals surface area contributed by atoms with E-state index < -0.39 is 28.0 Å². The normalized spacial score (nSPS) is 12.5. The summed E-state index contributed by atoms with van der Waals surface area (Å²) in [6.45, 7) is 2.53. The summed E-state index contributed by atoms with van der Waals surface area (Å²) in [5.41, 5.74) is -2.00. The average molecular weight is 212 g/mol. The third kappa shape index (κ3) is 6.22. The second-order valence-electron chi connectivity index (χ2n) is 1.92. The highest BCUT2D eigenvalue weighted by Gasteiger charge is 2.19. The molecule has 78 valence electrons. The van der Waals surface area contributed by atoms with Gasteiger partial charge in [-0.15, -0.1) is 0 Å². The Balaban J connectivity index is 0. The first-order valence-electron chi connectivity index (χ1n) is 2.92. The molecule has 0 spiro atoms. The fourth-order valence-electron chi connectivity index (χ4n) is 0.365. The van der Waals surface area contributed by atoms with Crippen LogP contribution in [-0.2, 0) is 14.9 Å². The van der Waals surface area contributed by atoms with Gasteiger partial charge in [-0.2, -0.15) is 8.42 Å². The van der Waals surface area contributed by atoms with Crippen molar-refractivity contribution in [2.75, 3.05) is 6.54 Å². The third-order valence-corrected chi connectivity index (χ3v) is 1.83. The van der Waals surface area contributed by atoms with E-state index in [1.54, 1.807) is 0 Å². The topological polar surface area (TPSA) is 139 Å². The molecule has 0 bridgehead atoms. The van der Waals surface area contributed by atoms with Crippen molar-refractivity contribution in [2.45, 2.75) is 5.44 Å². The van der Waals surface area contributed by atoms with E-state index in [1.165, 1.54) is 0 Å². The number of amides is 1. The van der Waals surface area contributed by atoms with Gasteiger partial charge in [0.05, 0.1) is 6.54 Å². The number of hydrogen-bond donors (Lipinski definition) is 4. The minimum Gasteiger partial charge on any atom is -0.374 e. The summed E-state index contributed by atoms with van der Waals surface area (Å²) in [5, 5.41) is 10.6. The van der Waals surface area contributed by atoms with E-state index >= 15 is 0 Å². The van der Waals surface area contributed by atoms with Crippen LogP contribution < -0.4 is 11.5 Å². The SMILES string of the molecule is C=CC(=O)NCC(O)S(=O)(=O)O.N. The van der Waals surface area contributed by atoms with Crippen molar-refractivity contribution in [3.63, 3.8) is 0 Å². The lowest BCUT2D eigenvalue weighted by molar-refractivity contribution is -0.116. The zero-order valence-corrected chi connectivity index (χ0v) is 7.62. The third-order valence-electron chi connectivity index (χ3n) is 0.980. The van der Waals surface area contributed by atoms with Crippen LogP contribution in [0.25, 0.3) is 0 Å². The van der Waals surface area contributed by atoms with E-state index in [0.29, 0.717) is 0 Å². The van der Waals surface area contributed by atoms with Gasteiger partial charge in [0.2, 0.25) is 5.91 Å². The molecule has 0 saturated heterocycles. The molecule has 0 aliphatic rings. The first kappa shape index (κ1) is 14.6. The molecule has 0 fully saturated rings. The summed E-state index contributed by atoms with van der Waals surface area (Å²) in [6.07, 6.45) is 0.913. The molecule has 1 unspecified atom stereocenters. The molecule has 13 heavy (non-hydrogen) atoms. The highest BCUT2D eigenvalue weighted by atomic mass is 32.2.